The van der Waals surface area contributed by atoms with Crippen LogP contribution in [0.1, 0.15) is 19.3 Å². The van der Waals surface area contributed by atoms with E-state index in [2.05, 4.69) is 17.3 Å². The molecular formula is C9H18N2. The summed E-state index contributed by atoms with van der Waals surface area (Å²) in [6.07, 6.45) is 4.19. The number of fused-ring (bicyclic) bond motifs is 1. The second-order valence-electron chi connectivity index (χ2n) is 3.99. The van der Waals surface area contributed by atoms with Gasteiger partial charge in [-0.2, -0.15) is 0 Å². The minimum atomic E-state index is 0.847. The van der Waals surface area contributed by atoms with Gasteiger partial charge in [-0.25, -0.2) is 0 Å². The van der Waals surface area contributed by atoms with E-state index < -0.39 is 0 Å². The fraction of sp³-hybridized carbons (Fsp3) is 1.00. The maximum atomic E-state index is 3.59. The van der Waals surface area contributed by atoms with E-state index in [-0.39, 0.29) is 0 Å². The molecule has 0 bridgehead atoms. The third-order valence-electron chi connectivity index (χ3n) is 3.19. The van der Waals surface area contributed by atoms with Crippen molar-refractivity contribution in [3.8, 4) is 0 Å². The molecule has 11 heavy (non-hydrogen) atoms. The molecule has 2 unspecified atom stereocenters. The van der Waals surface area contributed by atoms with Crippen molar-refractivity contribution in [3.63, 3.8) is 0 Å². The Morgan fingerprint density at radius 1 is 1.18 bits per heavy atom. The number of hydrogen-bond acceptors (Lipinski definition) is 2. The highest BCUT2D eigenvalue weighted by atomic mass is 15.1. The maximum absolute atomic E-state index is 3.59. The fourth-order valence-corrected chi connectivity index (χ4v) is 2.36. The van der Waals surface area contributed by atoms with E-state index in [4.69, 9.17) is 0 Å². The molecule has 2 aliphatic heterocycles. The molecule has 2 fully saturated rings. The molecule has 0 aliphatic carbocycles. The molecule has 2 nitrogen and oxygen atoms in total. The number of likely N-dealkylation sites (tertiary alicyclic amines) is 1. The van der Waals surface area contributed by atoms with E-state index in [1.54, 1.807) is 0 Å². The fourth-order valence-electron chi connectivity index (χ4n) is 2.36. The lowest BCUT2D eigenvalue weighted by atomic mass is 9.96. The monoisotopic (exact) mass is 154 g/mol. The summed E-state index contributed by atoms with van der Waals surface area (Å²) in [5, 5.41) is 3.59. The van der Waals surface area contributed by atoms with Crippen molar-refractivity contribution < 1.29 is 0 Å². The number of hydrogen-bond donors (Lipinski definition) is 1. The van der Waals surface area contributed by atoms with Crippen LogP contribution in [0.25, 0.3) is 0 Å². The van der Waals surface area contributed by atoms with Crippen LogP contribution in [0.2, 0.25) is 0 Å². The van der Waals surface area contributed by atoms with Gasteiger partial charge in [0.05, 0.1) is 0 Å². The highest BCUT2D eigenvalue weighted by Crippen LogP contribution is 2.24. The highest BCUT2D eigenvalue weighted by molar-refractivity contribution is 4.86. The van der Waals surface area contributed by atoms with Gasteiger partial charge in [-0.15, -0.1) is 0 Å². The van der Waals surface area contributed by atoms with Crippen LogP contribution in [0.15, 0.2) is 0 Å². The first-order valence-electron chi connectivity index (χ1n) is 4.78. The van der Waals surface area contributed by atoms with Gasteiger partial charge in [0.15, 0.2) is 0 Å². The average Bonchev–Trinajstić information content (AvgIpc) is 2.38. The molecule has 0 saturated carbocycles. The Kier molecular flexibility index (Phi) is 2.14. The second kappa shape index (κ2) is 3.11. The van der Waals surface area contributed by atoms with Gasteiger partial charge in [0.25, 0.3) is 0 Å². The van der Waals surface area contributed by atoms with Crippen molar-refractivity contribution in [2.45, 2.75) is 25.3 Å². The van der Waals surface area contributed by atoms with Crippen molar-refractivity contribution in [2.75, 3.05) is 26.7 Å². The van der Waals surface area contributed by atoms with Gasteiger partial charge in [0, 0.05) is 6.04 Å². The molecule has 64 valence electrons. The SMILES string of the molecule is CN1CCC2CCNC2CC1. The Hall–Kier alpha value is -0.0800. The van der Waals surface area contributed by atoms with E-state index >= 15 is 0 Å². The summed E-state index contributed by atoms with van der Waals surface area (Å²) in [5.74, 6) is 0.986. The van der Waals surface area contributed by atoms with Crippen LogP contribution >= 0.6 is 0 Å². The maximum Gasteiger partial charge on any atom is 0.0108 e. The minimum Gasteiger partial charge on any atom is -0.314 e. The summed E-state index contributed by atoms with van der Waals surface area (Å²) in [5.41, 5.74) is 0. The summed E-state index contributed by atoms with van der Waals surface area (Å²) in [6.45, 7) is 3.86. The normalized spacial score (nSPS) is 40.1. The van der Waals surface area contributed by atoms with Gasteiger partial charge in [0.1, 0.15) is 0 Å². The molecule has 0 amide bonds. The summed E-state index contributed by atoms with van der Waals surface area (Å²) >= 11 is 0. The summed E-state index contributed by atoms with van der Waals surface area (Å²) < 4.78 is 0. The van der Waals surface area contributed by atoms with Gasteiger partial charge in [-0.1, -0.05) is 0 Å². The van der Waals surface area contributed by atoms with Crippen LogP contribution in [0, 0.1) is 5.92 Å². The minimum absolute atomic E-state index is 0.847. The molecule has 0 radical (unpaired) electrons. The van der Waals surface area contributed by atoms with Crippen molar-refractivity contribution in [2.24, 2.45) is 5.92 Å². The van der Waals surface area contributed by atoms with Crippen LogP contribution in [0.3, 0.4) is 0 Å². The lowest BCUT2D eigenvalue weighted by molar-refractivity contribution is 0.339. The van der Waals surface area contributed by atoms with E-state index in [0.717, 1.165) is 12.0 Å². The third-order valence-corrected chi connectivity index (χ3v) is 3.19. The largest absolute Gasteiger partial charge is 0.314 e. The van der Waals surface area contributed by atoms with Crippen molar-refractivity contribution in [1.29, 1.82) is 0 Å². The molecule has 2 rings (SSSR count). The Bertz CT molecular complexity index is 122. The summed E-state index contributed by atoms with van der Waals surface area (Å²) in [6, 6.07) is 0.847. The first kappa shape index (κ1) is 7.56. The molecule has 2 atom stereocenters. The van der Waals surface area contributed by atoms with Crippen molar-refractivity contribution in [3.05, 3.63) is 0 Å². The van der Waals surface area contributed by atoms with E-state index in [0.29, 0.717) is 0 Å². The van der Waals surface area contributed by atoms with Gasteiger partial charge in [-0.3, -0.25) is 0 Å². The molecule has 2 aliphatic rings. The topological polar surface area (TPSA) is 15.3 Å². The molecule has 0 aromatic rings. The highest BCUT2D eigenvalue weighted by Gasteiger charge is 2.28. The summed E-state index contributed by atoms with van der Waals surface area (Å²) in [7, 11) is 2.24. The summed E-state index contributed by atoms with van der Waals surface area (Å²) in [4.78, 5) is 2.46. The second-order valence-corrected chi connectivity index (χ2v) is 3.99. The van der Waals surface area contributed by atoms with Gasteiger partial charge in [0.2, 0.25) is 0 Å². The van der Waals surface area contributed by atoms with E-state index in [1.807, 2.05) is 0 Å². The number of nitrogens with zero attached hydrogens (tertiary/aromatic N) is 1. The zero-order chi connectivity index (χ0) is 7.68. The van der Waals surface area contributed by atoms with Crippen molar-refractivity contribution >= 4 is 0 Å². The van der Waals surface area contributed by atoms with Gasteiger partial charge in [-0.05, 0) is 51.9 Å². The molecule has 2 heteroatoms. The van der Waals surface area contributed by atoms with Gasteiger partial charge >= 0.3 is 0 Å². The smallest absolute Gasteiger partial charge is 0.0108 e. The first-order chi connectivity index (χ1) is 5.36. The Labute approximate surface area is 69.0 Å². The zero-order valence-corrected chi connectivity index (χ0v) is 7.34. The number of nitrogens with one attached hydrogen (secondary N) is 1. The predicted octanol–water partition coefficient (Wildman–Crippen LogP) is 0.690. The van der Waals surface area contributed by atoms with Crippen LogP contribution in [0.4, 0.5) is 0 Å². The Morgan fingerprint density at radius 3 is 2.91 bits per heavy atom. The lowest BCUT2D eigenvalue weighted by Gasteiger charge is -2.14. The van der Waals surface area contributed by atoms with Crippen LogP contribution in [-0.2, 0) is 0 Å². The molecule has 0 spiro atoms. The molecular weight excluding hydrogens is 136 g/mol. The van der Waals surface area contributed by atoms with Gasteiger partial charge < -0.3 is 10.2 Å². The standard InChI is InChI=1S/C9H18N2/c1-11-6-3-8-2-5-10-9(8)4-7-11/h8-10H,2-7H2,1H3. The predicted molar refractivity (Wildman–Crippen MR) is 46.6 cm³/mol. The van der Waals surface area contributed by atoms with E-state index in [9.17, 15) is 0 Å². The van der Waals surface area contributed by atoms with E-state index in [1.165, 1.54) is 38.9 Å². The first-order valence-corrected chi connectivity index (χ1v) is 4.78. The third kappa shape index (κ3) is 1.57. The van der Waals surface area contributed by atoms with Crippen LogP contribution in [-0.4, -0.2) is 37.6 Å². The van der Waals surface area contributed by atoms with Crippen LogP contribution in [0.5, 0.6) is 0 Å². The molecule has 0 aromatic carbocycles. The Balaban J connectivity index is 1.95. The average molecular weight is 154 g/mol. The lowest BCUT2D eigenvalue weighted by Crippen LogP contribution is -2.27. The molecule has 0 aromatic heterocycles. The Morgan fingerprint density at radius 2 is 2.00 bits per heavy atom. The quantitative estimate of drug-likeness (QED) is 0.552. The molecule has 2 saturated heterocycles. The van der Waals surface area contributed by atoms with Crippen molar-refractivity contribution in [1.82, 2.24) is 10.2 Å². The van der Waals surface area contributed by atoms with Crippen LogP contribution < -0.4 is 5.32 Å². The molecule has 2 heterocycles. The number of rotatable bonds is 0. The molecule has 1 N–H and O–H groups in total. The zero-order valence-electron chi connectivity index (χ0n) is 7.34.